The Bertz CT molecular complexity index is 332. The van der Waals surface area contributed by atoms with E-state index in [-0.39, 0.29) is 10.9 Å². The first-order valence-corrected chi connectivity index (χ1v) is 6.28. The molecule has 0 aliphatic heterocycles. The molecule has 0 saturated carbocycles. The van der Waals surface area contributed by atoms with E-state index in [4.69, 9.17) is 11.6 Å². The molecule has 0 unspecified atom stereocenters. The minimum atomic E-state index is -0.0573. The zero-order valence-corrected chi connectivity index (χ0v) is 11.8. The molecule has 0 aliphatic carbocycles. The van der Waals surface area contributed by atoms with Gasteiger partial charge in [0.15, 0.2) is 5.78 Å². The molecule has 1 heterocycles. The van der Waals surface area contributed by atoms with Crippen LogP contribution in [0.1, 0.15) is 38.1 Å². The first-order valence-electron chi connectivity index (χ1n) is 5.90. The van der Waals surface area contributed by atoms with Gasteiger partial charge in [0.05, 0.1) is 5.56 Å². The van der Waals surface area contributed by atoms with Crippen molar-refractivity contribution >= 4 is 17.4 Å². The van der Waals surface area contributed by atoms with Crippen LogP contribution >= 0.6 is 11.6 Å². The molecule has 0 atom stereocenters. The molecule has 0 aliphatic rings. The van der Waals surface area contributed by atoms with E-state index in [2.05, 4.69) is 30.7 Å². The van der Waals surface area contributed by atoms with Crippen LogP contribution in [-0.4, -0.2) is 35.3 Å². The number of Topliss-reactive ketones (excluding diaryl/α,β-unsaturated/α-hetero) is 1. The second kappa shape index (κ2) is 9.14. The fraction of sp³-hybridized carbons (Fsp3) is 0.538. The van der Waals surface area contributed by atoms with Gasteiger partial charge in [0.25, 0.3) is 0 Å². The lowest BCUT2D eigenvalue weighted by molar-refractivity contribution is 0.101. The Morgan fingerprint density at radius 3 is 2.06 bits per heavy atom. The Kier molecular flexibility index (Phi) is 8.64. The lowest BCUT2D eigenvalue weighted by Gasteiger charge is -2.13. The summed E-state index contributed by atoms with van der Waals surface area (Å²) in [7, 11) is 0. The molecule has 4 heteroatoms. The summed E-state index contributed by atoms with van der Waals surface area (Å²) >= 11 is 5.59. The number of hydrogen-bond donors (Lipinski definition) is 0. The predicted molar refractivity (Wildman–Crippen MR) is 72.7 cm³/mol. The quantitative estimate of drug-likeness (QED) is 0.612. The van der Waals surface area contributed by atoms with Crippen molar-refractivity contribution in [1.29, 1.82) is 0 Å². The van der Waals surface area contributed by atoms with Gasteiger partial charge in [-0.25, -0.2) is 4.98 Å². The fourth-order valence-corrected chi connectivity index (χ4v) is 1.57. The molecule has 0 fully saturated rings. The zero-order valence-electron chi connectivity index (χ0n) is 11.0. The van der Waals surface area contributed by atoms with E-state index >= 15 is 0 Å². The van der Waals surface area contributed by atoms with Gasteiger partial charge in [-0.05, 0) is 38.7 Å². The number of carbonyl (C=O) groups is 1. The van der Waals surface area contributed by atoms with Crippen molar-refractivity contribution in [2.24, 2.45) is 0 Å². The molecule has 0 amide bonds. The van der Waals surface area contributed by atoms with Crippen molar-refractivity contribution in [1.82, 2.24) is 9.88 Å². The summed E-state index contributed by atoms with van der Waals surface area (Å²) in [5.74, 6) is -0.0573. The van der Waals surface area contributed by atoms with E-state index < -0.39 is 0 Å². The number of nitrogens with zero attached hydrogens (tertiary/aromatic N) is 2. The molecule has 1 aromatic heterocycles. The van der Waals surface area contributed by atoms with Crippen molar-refractivity contribution in [2.75, 3.05) is 19.6 Å². The van der Waals surface area contributed by atoms with Crippen LogP contribution in [-0.2, 0) is 0 Å². The van der Waals surface area contributed by atoms with Gasteiger partial charge >= 0.3 is 0 Å². The second-order valence-corrected chi connectivity index (χ2v) is 3.88. The van der Waals surface area contributed by atoms with Crippen LogP contribution in [0.15, 0.2) is 18.3 Å². The Balaban J connectivity index is 0.000000325. The average molecular weight is 257 g/mol. The number of halogens is 1. The van der Waals surface area contributed by atoms with E-state index in [1.807, 2.05) is 0 Å². The Hall–Kier alpha value is -0.930. The van der Waals surface area contributed by atoms with Crippen LogP contribution in [0.25, 0.3) is 0 Å². The van der Waals surface area contributed by atoms with Crippen LogP contribution < -0.4 is 0 Å². The first kappa shape index (κ1) is 16.1. The van der Waals surface area contributed by atoms with Gasteiger partial charge in [0, 0.05) is 6.20 Å². The molecule has 96 valence electrons. The monoisotopic (exact) mass is 256 g/mol. The summed E-state index contributed by atoms with van der Waals surface area (Å²) in [4.78, 5) is 16.9. The lowest BCUT2D eigenvalue weighted by Crippen LogP contribution is -2.21. The molecule has 0 spiro atoms. The third kappa shape index (κ3) is 6.39. The van der Waals surface area contributed by atoms with E-state index in [0.29, 0.717) is 5.56 Å². The largest absolute Gasteiger partial charge is 0.304 e. The number of pyridine rings is 1. The summed E-state index contributed by atoms with van der Waals surface area (Å²) in [5, 5.41) is 0.273. The molecule has 0 radical (unpaired) electrons. The third-order valence-corrected chi connectivity index (χ3v) is 2.78. The van der Waals surface area contributed by atoms with Gasteiger partial charge in [-0.1, -0.05) is 32.4 Å². The summed E-state index contributed by atoms with van der Waals surface area (Å²) in [5.41, 5.74) is 0.476. The number of aromatic nitrogens is 1. The summed E-state index contributed by atoms with van der Waals surface area (Å²) < 4.78 is 0. The minimum Gasteiger partial charge on any atom is -0.304 e. The van der Waals surface area contributed by atoms with Gasteiger partial charge in [-0.3, -0.25) is 4.79 Å². The maximum atomic E-state index is 10.7. The van der Waals surface area contributed by atoms with Crippen molar-refractivity contribution < 1.29 is 4.79 Å². The highest BCUT2D eigenvalue weighted by atomic mass is 35.5. The standard InChI is InChI=1S/C7H6ClNO.C6H15N/c1-5(10)6-3-2-4-9-7(6)8;1-4-7(5-2)6-3/h2-4H,1H3;4-6H2,1-3H3. The van der Waals surface area contributed by atoms with Gasteiger partial charge in [0.2, 0.25) is 0 Å². The lowest BCUT2D eigenvalue weighted by atomic mass is 10.2. The summed E-state index contributed by atoms with van der Waals surface area (Å²) in [6, 6.07) is 3.33. The third-order valence-electron chi connectivity index (χ3n) is 2.48. The van der Waals surface area contributed by atoms with Gasteiger partial charge in [-0.15, -0.1) is 0 Å². The molecule has 0 saturated heterocycles. The van der Waals surface area contributed by atoms with Crippen LogP contribution in [0.5, 0.6) is 0 Å². The highest BCUT2D eigenvalue weighted by Crippen LogP contribution is 2.10. The molecule has 0 N–H and O–H groups in total. The SMILES string of the molecule is CC(=O)c1cccnc1Cl.CCN(CC)CC. The molecule has 1 aromatic rings. The Morgan fingerprint density at radius 1 is 1.29 bits per heavy atom. The molecule has 17 heavy (non-hydrogen) atoms. The predicted octanol–water partition coefficient (Wildman–Crippen LogP) is 3.29. The Morgan fingerprint density at radius 2 is 1.82 bits per heavy atom. The smallest absolute Gasteiger partial charge is 0.162 e. The number of carbonyl (C=O) groups excluding carboxylic acids is 1. The maximum Gasteiger partial charge on any atom is 0.162 e. The van der Waals surface area contributed by atoms with E-state index in [1.165, 1.54) is 26.6 Å². The fourth-order valence-electron chi connectivity index (χ4n) is 1.32. The molecule has 0 bridgehead atoms. The van der Waals surface area contributed by atoms with Crippen molar-refractivity contribution in [3.8, 4) is 0 Å². The highest BCUT2D eigenvalue weighted by molar-refractivity contribution is 6.32. The molecular weight excluding hydrogens is 236 g/mol. The topological polar surface area (TPSA) is 33.2 Å². The normalized spacial score (nSPS) is 9.76. The van der Waals surface area contributed by atoms with Crippen molar-refractivity contribution in [3.05, 3.63) is 29.0 Å². The number of ketones is 1. The van der Waals surface area contributed by atoms with Crippen LogP contribution in [0, 0.1) is 0 Å². The van der Waals surface area contributed by atoms with Crippen LogP contribution in [0.4, 0.5) is 0 Å². The zero-order chi connectivity index (χ0) is 13.3. The average Bonchev–Trinajstić information content (AvgIpc) is 2.32. The highest BCUT2D eigenvalue weighted by Gasteiger charge is 2.03. The molecular formula is C13H21ClN2O. The number of hydrogen-bond acceptors (Lipinski definition) is 3. The van der Waals surface area contributed by atoms with Gasteiger partial charge in [0.1, 0.15) is 5.15 Å². The van der Waals surface area contributed by atoms with Crippen LogP contribution in [0.2, 0.25) is 5.15 Å². The minimum absolute atomic E-state index is 0.0573. The van der Waals surface area contributed by atoms with E-state index in [0.717, 1.165) is 0 Å². The number of rotatable bonds is 4. The second-order valence-electron chi connectivity index (χ2n) is 3.52. The Labute approximate surface area is 109 Å². The molecule has 1 rings (SSSR count). The van der Waals surface area contributed by atoms with E-state index in [9.17, 15) is 4.79 Å². The van der Waals surface area contributed by atoms with Crippen LogP contribution in [0.3, 0.4) is 0 Å². The van der Waals surface area contributed by atoms with Gasteiger partial charge in [-0.2, -0.15) is 0 Å². The summed E-state index contributed by atoms with van der Waals surface area (Å²) in [6.07, 6.45) is 1.55. The van der Waals surface area contributed by atoms with Gasteiger partial charge < -0.3 is 4.90 Å². The summed E-state index contributed by atoms with van der Waals surface area (Å²) in [6.45, 7) is 11.6. The van der Waals surface area contributed by atoms with E-state index in [1.54, 1.807) is 18.3 Å². The van der Waals surface area contributed by atoms with Crippen molar-refractivity contribution in [2.45, 2.75) is 27.7 Å². The van der Waals surface area contributed by atoms with Crippen molar-refractivity contribution in [3.63, 3.8) is 0 Å². The molecule has 0 aromatic carbocycles. The molecule has 3 nitrogen and oxygen atoms in total. The first-order chi connectivity index (χ1) is 8.06. The maximum absolute atomic E-state index is 10.7.